The van der Waals surface area contributed by atoms with E-state index in [2.05, 4.69) is 33.4 Å². The molecule has 3 N–H and O–H groups in total. The third-order valence-corrected chi connectivity index (χ3v) is 5.22. The van der Waals surface area contributed by atoms with E-state index in [0.717, 1.165) is 17.7 Å². The smallest absolute Gasteiger partial charge is 0.193 e. The molecule has 1 unspecified atom stereocenters. The predicted octanol–water partition coefficient (Wildman–Crippen LogP) is 3.84. The topological polar surface area (TPSA) is 72.1 Å². The Morgan fingerprint density at radius 3 is 2.48 bits per heavy atom. The quantitative estimate of drug-likeness (QED) is 0.337. The number of ether oxygens (including phenoxy) is 2. The maximum atomic E-state index is 6.15. The summed E-state index contributed by atoms with van der Waals surface area (Å²) in [5.41, 5.74) is 11.1. The maximum absolute atomic E-state index is 6.15. The van der Waals surface area contributed by atoms with Gasteiger partial charge in [0.1, 0.15) is 0 Å². The minimum atomic E-state index is 0. The van der Waals surface area contributed by atoms with Crippen molar-refractivity contribution >= 4 is 35.6 Å². The number of rotatable bonds is 7. The molecule has 2 aromatic carbocycles. The molecule has 7 heteroatoms. The lowest BCUT2D eigenvalue weighted by molar-refractivity contribution is 0.303. The van der Waals surface area contributed by atoms with Gasteiger partial charge in [-0.1, -0.05) is 12.1 Å². The highest BCUT2D eigenvalue weighted by molar-refractivity contribution is 14.0. The standard InChI is InChI=1S/C22H30N4O2.HI/c1-26(2)19(17-9-11-20(27-3)21(13-17)28-4)14-24-22(23)25-18-10-8-15-6-5-7-16(15)12-18;/h8-13,19H,5-7,14H2,1-4H3,(H3,23,24,25);1H. The highest BCUT2D eigenvalue weighted by Gasteiger charge is 2.17. The molecule has 0 spiro atoms. The zero-order chi connectivity index (χ0) is 20.1. The number of anilines is 1. The number of likely N-dealkylation sites (N-methyl/N-ethyl adjacent to an activating group) is 1. The van der Waals surface area contributed by atoms with Crippen LogP contribution in [-0.2, 0) is 12.8 Å². The summed E-state index contributed by atoms with van der Waals surface area (Å²) in [6.07, 6.45) is 3.55. The van der Waals surface area contributed by atoms with E-state index in [1.54, 1.807) is 14.2 Å². The zero-order valence-corrected chi connectivity index (χ0v) is 19.9. The van der Waals surface area contributed by atoms with Crippen LogP contribution < -0.4 is 20.5 Å². The normalized spacial score (nSPS) is 14.2. The minimum Gasteiger partial charge on any atom is -0.493 e. The van der Waals surface area contributed by atoms with Gasteiger partial charge in [0.05, 0.1) is 26.8 Å². The Kier molecular flexibility index (Phi) is 8.58. The first-order chi connectivity index (χ1) is 13.5. The summed E-state index contributed by atoms with van der Waals surface area (Å²) in [5.74, 6) is 1.84. The van der Waals surface area contributed by atoms with Gasteiger partial charge in [0.15, 0.2) is 17.5 Å². The first-order valence-electron chi connectivity index (χ1n) is 9.59. The third kappa shape index (κ3) is 5.76. The van der Waals surface area contributed by atoms with Crippen molar-refractivity contribution in [3.63, 3.8) is 0 Å². The van der Waals surface area contributed by atoms with Gasteiger partial charge in [-0.2, -0.15) is 0 Å². The molecule has 0 fully saturated rings. The van der Waals surface area contributed by atoms with Gasteiger partial charge in [-0.15, -0.1) is 24.0 Å². The molecule has 1 atom stereocenters. The Balaban J connectivity index is 0.00000300. The Morgan fingerprint density at radius 1 is 1.07 bits per heavy atom. The third-order valence-electron chi connectivity index (χ3n) is 5.22. The van der Waals surface area contributed by atoms with Crippen molar-refractivity contribution in [1.29, 1.82) is 0 Å². The molecule has 158 valence electrons. The van der Waals surface area contributed by atoms with Crippen LogP contribution in [0.2, 0.25) is 0 Å². The molecule has 29 heavy (non-hydrogen) atoms. The molecule has 2 aromatic rings. The molecule has 0 radical (unpaired) electrons. The predicted molar refractivity (Wildman–Crippen MR) is 130 cm³/mol. The number of aliphatic imine (C=N–C) groups is 1. The van der Waals surface area contributed by atoms with Gasteiger partial charge in [0, 0.05) is 5.69 Å². The van der Waals surface area contributed by atoms with Gasteiger partial charge in [0.25, 0.3) is 0 Å². The van der Waals surface area contributed by atoms with E-state index in [-0.39, 0.29) is 30.0 Å². The molecule has 0 bridgehead atoms. The van der Waals surface area contributed by atoms with Crippen LogP contribution >= 0.6 is 24.0 Å². The van der Waals surface area contributed by atoms with Crippen LogP contribution in [0.25, 0.3) is 0 Å². The second-order valence-electron chi connectivity index (χ2n) is 7.28. The number of methoxy groups -OCH3 is 2. The fraction of sp³-hybridized carbons (Fsp3) is 0.409. The van der Waals surface area contributed by atoms with Gasteiger partial charge in [0.2, 0.25) is 0 Å². The van der Waals surface area contributed by atoms with E-state index in [1.165, 1.54) is 24.0 Å². The van der Waals surface area contributed by atoms with Crippen molar-refractivity contribution in [1.82, 2.24) is 4.90 Å². The monoisotopic (exact) mass is 510 g/mol. The van der Waals surface area contributed by atoms with E-state index < -0.39 is 0 Å². The molecule has 1 aliphatic carbocycles. The fourth-order valence-corrected chi connectivity index (χ4v) is 3.65. The molecule has 0 saturated carbocycles. The van der Waals surface area contributed by atoms with Gasteiger partial charge in [-0.05, 0) is 74.3 Å². The number of nitrogens with two attached hydrogens (primary N) is 1. The van der Waals surface area contributed by atoms with Crippen molar-refractivity contribution in [2.75, 3.05) is 40.2 Å². The van der Waals surface area contributed by atoms with E-state index in [4.69, 9.17) is 15.2 Å². The molecular weight excluding hydrogens is 479 g/mol. The van der Waals surface area contributed by atoms with Crippen molar-refractivity contribution < 1.29 is 9.47 Å². The molecular formula is C22H31IN4O2. The Bertz CT molecular complexity index is 855. The molecule has 3 rings (SSSR count). The number of nitrogens with one attached hydrogen (secondary N) is 1. The Morgan fingerprint density at radius 2 is 1.79 bits per heavy atom. The number of nitrogens with zero attached hydrogens (tertiary/aromatic N) is 2. The Labute approximate surface area is 190 Å². The summed E-state index contributed by atoms with van der Waals surface area (Å²) in [7, 11) is 7.33. The molecule has 0 heterocycles. The van der Waals surface area contributed by atoms with E-state index >= 15 is 0 Å². The molecule has 0 aliphatic heterocycles. The molecule has 6 nitrogen and oxygen atoms in total. The molecule has 1 aliphatic rings. The number of guanidine groups is 1. The van der Waals surface area contributed by atoms with Gasteiger partial charge in [-0.3, -0.25) is 4.99 Å². The number of hydrogen-bond acceptors (Lipinski definition) is 4. The van der Waals surface area contributed by atoms with Crippen molar-refractivity contribution in [2.45, 2.75) is 25.3 Å². The first kappa shape index (κ1) is 23.3. The average molecular weight is 510 g/mol. The summed E-state index contributed by atoms with van der Waals surface area (Å²) in [4.78, 5) is 6.70. The lowest BCUT2D eigenvalue weighted by atomic mass is 10.1. The first-order valence-corrected chi connectivity index (χ1v) is 9.59. The maximum Gasteiger partial charge on any atom is 0.193 e. The molecule has 0 amide bonds. The van der Waals surface area contributed by atoms with Crippen LogP contribution in [0.3, 0.4) is 0 Å². The van der Waals surface area contributed by atoms with E-state index in [1.807, 2.05) is 32.3 Å². The number of benzene rings is 2. The van der Waals surface area contributed by atoms with Crippen LogP contribution in [0.4, 0.5) is 5.69 Å². The SMILES string of the molecule is COc1ccc(C(CN=C(N)Nc2ccc3c(c2)CCC3)N(C)C)cc1OC.I. The second kappa shape index (κ2) is 10.7. The number of fused-ring (bicyclic) bond motifs is 1. The number of hydrogen-bond donors (Lipinski definition) is 2. The van der Waals surface area contributed by atoms with Gasteiger partial charge >= 0.3 is 0 Å². The Hall–Kier alpha value is -2.00. The van der Waals surface area contributed by atoms with Crippen molar-refractivity contribution in [3.8, 4) is 11.5 Å². The largest absolute Gasteiger partial charge is 0.493 e. The summed E-state index contributed by atoms with van der Waals surface area (Å²) in [5, 5.41) is 3.22. The second-order valence-corrected chi connectivity index (χ2v) is 7.28. The average Bonchev–Trinajstić information content (AvgIpc) is 3.15. The zero-order valence-electron chi connectivity index (χ0n) is 17.6. The van der Waals surface area contributed by atoms with Gasteiger partial charge in [-0.25, -0.2) is 0 Å². The van der Waals surface area contributed by atoms with E-state index in [9.17, 15) is 0 Å². The number of aryl methyl sites for hydroxylation is 2. The summed E-state index contributed by atoms with van der Waals surface area (Å²) in [6.45, 7) is 0.534. The highest BCUT2D eigenvalue weighted by atomic mass is 127. The molecule has 0 aromatic heterocycles. The highest BCUT2D eigenvalue weighted by Crippen LogP contribution is 2.31. The van der Waals surface area contributed by atoms with Crippen molar-refractivity contribution in [3.05, 3.63) is 53.1 Å². The summed E-state index contributed by atoms with van der Waals surface area (Å²) >= 11 is 0. The lowest BCUT2D eigenvalue weighted by Crippen LogP contribution is -2.27. The fourth-order valence-electron chi connectivity index (χ4n) is 3.65. The summed E-state index contributed by atoms with van der Waals surface area (Å²) in [6, 6.07) is 12.5. The van der Waals surface area contributed by atoms with Crippen LogP contribution in [-0.4, -0.2) is 45.7 Å². The van der Waals surface area contributed by atoms with Crippen molar-refractivity contribution in [2.24, 2.45) is 10.7 Å². The van der Waals surface area contributed by atoms with Crippen LogP contribution in [0.15, 0.2) is 41.4 Å². The minimum absolute atomic E-state index is 0. The number of halogens is 1. The lowest BCUT2D eigenvalue weighted by Gasteiger charge is -2.24. The summed E-state index contributed by atoms with van der Waals surface area (Å²) < 4.78 is 10.8. The van der Waals surface area contributed by atoms with Crippen LogP contribution in [0, 0.1) is 0 Å². The van der Waals surface area contributed by atoms with Crippen LogP contribution in [0.5, 0.6) is 11.5 Å². The van der Waals surface area contributed by atoms with Crippen LogP contribution in [0.1, 0.15) is 29.2 Å². The molecule has 0 saturated heterocycles. The van der Waals surface area contributed by atoms with E-state index in [0.29, 0.717) is 24.0 Å². The van der Waals surface area contributed by atoms with Gasteiger partial charge < -0.3 is 25.4 Å².